The summed E-state index contributed by atoms with van der Waals surface area (Å²) in [6.45, 7) is 2.44. The van der Waals surface area contributed by atoms with E-state index in [1.54, 1.807) is 6.07 Å². The Bertz CT molecular complexity index is 826. The van der Waals surface area contributed by atoms with Crippen molar-refractivity contribution in [3.8, 4) is 0 Å². The smallest absolute Gasteiger partial charge is 0.167 e. The fraction of sp³-hybridized carbons (Fsp3) is 0.136. The van der Waals surface area contributed by atoms with E-state index in [9.17, 15) is 4.39 Å². The maximum atomic E-state index is 13.4. The van der Waals surface area contributed by atoms with Crippen molar-refractivity contribution in [1.82, 2.24) is 10.6 Å². The normalized spacial score (nSPS) is 10.6. The van der Waals surface area contributed by atoms with E-state index in [4.69, 9.17) is 12.2 Å². The van der Waals surface area contributed by atoms with Gasteiger partial charge in [0.1, 0.15) is 5.82 Å². The zero-order chi connectivity index (χ0) is 18.4. The highest BCUT2D eigenvalue weighted by molar-refractivity contribution is 7.80. The van der Waals surface area contributed by atoms with Gasteiger partial charge in [0.15, 0.2) is 5.11 Å². The molecule has 2 nitrogen and oxygen atoms in total. The van der Waals surface area contributed by atoms with Gasteiger partial charge in [0.25, 0.3) is 0 Å². The van der Waals surface area contributed by atoms with Crippen LogP contribution in [0.3, 0.4) is 0 Å². The molecule has 0 spiro atoms. The predicted octanol–water partition coefficient (Wildman–Crippen LogP) is 4.89. The molecule has 0 amide bonds. The van der Waals surface area contributed by atoms with Crippen molar-refractivity contribution in [2.75, 3.05) is 0 Å². The molecule has 26 heavy (non-hydrogen) atoms. The van der Waals surface area contributed by atoms with Gasteiger partial charge in [0.05, 0.1) is 6.04 Å². The maximum absolute atomic E-state index is 13.4. The fourth-order valence-corrected chi connectivity index (χ4v) is 3.03. The Labute approximate surface area is 159 Å². The number of aryl methyl sites for hydroxylation is 1. The van der Waals surface area contributed by atoms with E-state index in [0.717, 1.165) is 22.3 Å². The van der Waals surface area contributed by atoms with Gasteiger partial charge in [0.2, 0.25) is 0 Å². The average Bonchev–Trinajstić information content (AvgIpc) is 2.68. The lowest BCUT2D eigenvalue weighted by Gasteiger charge is -2.22. The maximum Gasteiger partial charge on any atom is 0.167 e. The SMILES string of the molecule is Cc1ccc(F)cc1CNC(=S)NC(c1ccccc1)c1ccccc1. The summed E-state index contributed by atoms with van der Waals surface area (Å²) < 4.78 is 13.4. The molecule has 2 N–H and O–H groups in total. The van der Waals surface area contributed by atoms with Crippen molar-refractivity contribution in [3.63, 3.8) is 0 Å². The summed E-state index contributed by atoms with van der Waals surface area (Å²) in [6.07, 6.45) is 0. The minimum Gasteiger partial charge on any atom is -0.359 e. The second kappa shape index (κ2) is 8.59. The van der Waals surface area contributed by atoms with E-state index >= 15 is 0 Å². The number of hydrogen-bond acceptors (Lipinski definition) is 1. The highest BCUT2D eigenvalue weighted by atomic mass is 32.1. The Morgan fingerprint density at radius 1 is 0.923 bits per heavy atom. The molecule has 3 aromatic rings. The Balaban J connectivity index is 1.72. The molecule has 0 atom stereocenters. The highest BCUT2D eigenvalue weighted by Gasteiger charge is 2.14. The van der Waals surface area contributed by atoms with E-state index in [2.05, 4.69) is 34.9 Å². The third kappa shape index (κ3) is 4.67. The van der Waals surface area contributed by atoms with Crippen molar-refractivity contribution in [3.05, 3.63) is 107 Å². The molecule has 3 aromatic carbocycles. The van der Waals surface area contributed by atoms with Gasteiger partial charge in [-0.2, -0.15) is 0 Å². The van der Waals surface area contributed by atoms with Gasteiger partial charge in [-0.1, -0.05) is 66.7 Å². The van der Waals surface area contributed by atoms with Crippen LogP contribution in [0.1, 0.15) is 28.3 Å². The summed E-state index contributed by atoms with van der Waals surface area (Å²) in [5.41, 5.74) is 4.18. The number of halogens is 1. The fourth-order valence-electron chi connectivity index (χ4n) is 2.84. The first-order valence-electron chi connectivity index (χ1n) is 8.53. The van der Waals surface area contributed by atoms with Crippen LogP contribution in [-0.4, -0.2) is 5.11 Å². The number of thiocarbonyl (C=S) groups is 1. The van der Waals surface area contributed by atoms with Crippen LogP contribution in [0.2, 0.25) is 0 Å². The van der Waals surface area contributed by atoms with Crippen LogP contribution in [0.15, 0.2) is 78.9 Å². The van der Waals surface area contributed by atoms with Crippen LogP contribution in [0.25, 0.3) is 0 Å². The van der Waals surface area contributed by atoms with Crippen molar-refractivity contribution in [2.45, 2.75) is 19.5 Å². The molecule has 0 unspecified atom stereocenters. The van der Waals surface area contributed by atoms with Crippen molar-refractivity contribution >= 4 is 17.3 Å². The molecule has 0 saturated carbocycles. The minimum absolute atomic E-state index is 0.0500. The van der Waals surface area contributed by atoms with Crippen LogP contribution in [0, 0.1) is 12.7 Å². The predicted molar refractivity (Wildman–Crippen MR) is 108 cm³/mol. The summed E-state index contributed by atoms with van der Waals surface area (Å²) in [6, 6.07) is 25.1. The summed E-state index contributed by atoms with van der Waals surface area (Å²) in [5.74, 6) is -0.238. The lowest BCUT2D eigenvalue weighted by molar-refractivity contribution is 0.623. The van der Waals surface area contributed by atoms with Crippen LogP contribution in [0.5, 0.6) is 0 Å². The number of rotatable bonds is 5. The van der Waals surface area contributed by atoms with E-state index < -0.39 is 0 Å². The second-order valence-electron chi connectivity index (χ2n) is 6.15. The number of benzene rings is 3. The molecule has 132 valence electrons. The summed E-state index contributed by atoms with van der Waals surface area (Å²) in [5, 5.41) is 7.10. The Morgan fingerprint density at radius 3 is 2.08 bits per heavy atom. The quantitative estimate of drug-likeness (QED) is 0.631. The molecule has 0 bridgehead atoms. The topological polar surface area (TPSA) is 24.1 Å². The van der Waals surface area contributed by atoms with E-state index in [1.807, 2.05) is 43.3 Å². The molecular formula is C22H21FN2S. The zero-order valence-electron chi connectivity index (χ0n) is 14.6. The zero-order valence-corrected chi connectivity index (χ0v) is 15.4. The van der Waals surface area contributed by atoms with Gasteiger partial charge in [-0.15, -0.1) is 0 Å². The Morgan fingerprint density at radius 2 is 1.50 bits per heavy atom. The molecule has 0 fully saturated rings. The largest absolute Gasteiger partial charge is 0.359 e. The molecule has 0 heterocycles. The molecule has 3 rings (SSSR count). The summed E-state index contributed by atoms with van der Waals surface area (Å²) >= 11 is 5.49. The van der Waals surface area contributed by atoms with Gasteiger partial charge in [-0.25, -0.2) is 4.39 Å². The number of nitrogens with one attached hydrogen (secondary N) is 2. The summed E-state index contributed by atoms with van der Waals surface area (Å²) in [4.78, 5) is 0. The summed E-state index contributed by atoms with van der Waals surface area (Å²) in [7, 11) is 0. The van der Waals surface area contributed by atoms with Gasteiger partial charge >= 0.3 is 0 Å². The lowest BCUT2D eigenvalue weighted by atomic mass is 9.99. The van der Waals surface area contributed by atoms with Crippen molar-refractivity contribution in [2.24, 2.45) is 0 Å². The molecule has 0 saturated heterocycles. The van der Waals surface area contributed by atoms with Crippen LogP contribution >= 0.6 is 12.2 Å². The first-order valence-corrected chi connectivity index (χ1v) is 8.93. The van der Waals surface area contributed by atoms with Crippen LogP contribution < -0.4 is 10.6 Å². The molecule has 0 aliphatic rings. The molecule has 4 heteroatoms. The molecular weight excluding hydrogens is 343 g/mol. The minimum atomic E-state index is -0.238. The third-order valence-corrected chi connectivity index (χ3v) is 4.55. The van der Waals surface area contributed by atoms with Crippen molar-refractivity contribution < 1.29 is 4.39 Å². The van der Waals surface area contributed by atoms with Gasteiger partial charge < -0.3 is 10.6 Å². The van der Waals surface area contributed by atoms with E-state index in [-0.39, 0.29) is 11.9 Å². The van der Waals surface area contributed by atoms with Gasteiger partial charge in [-0.05, 0) is 53.5 Å². The van der Waals surface area contributed by atoms with Crippen LogP contribution in [0.4, 0.5) is 4.39 Å². The first-order chi connectivity index (χ1) is 12.6. The molecule has 0 aliphatic heterocycles. The van der Waals surface area contributed by atoms with Crippen molar-refractivity contribution in [1.29, 1.82) is 0 Å². The highest BCUT2D eigenvalue weighted by Crippen LogP contribution is 2.21. The third-order valence-electron chi connectivity index (χ3n) is 4.29. The van der Waals surface area contributed by atoms with Gasteiger partial charge in [0, 0.05) is 6.54 Å². The number of hydrogen-bond donors (Lipinski definition) is 2. The lowest BCUT2D eigenvalue weighted by Crippen LogP contribution is -2.37. The van der Waals surface area contributed by atoms with E-state index in [0.29, 0.717) is 11.7 Å². The monoisotopic (exact) mass is 364 g/mol. The van der Waals surface area contributed by atoms with E-state index in [1.165, 1.54) is 12.1 Å². The average molecular weight is 364 g/mol. The Hall–Kier alpha value is -2.72. The standard InChI is InChI=1S/C22H21FN2S/c1-16-12-13-20(23)14-19(16)15-24-22(26)25-21(17-8-4-2-5-9-17)18-10-6-3-7-11-18/h2-14,21H,15H2,1H3,(H2,24,25,26). The Kier molecular flexibility index (Phi) is 5.97. The first kappa shape index (κ1) is 18.1. The molecule has 0 aliphatic carbocycles. The molecule has 0 aromatic heterocycles. The van der Waals surface area contributed by atoms with Gasteiger partial charge in [-0.3, -0.25) is 0 Å². The second-order valence-corrected chi connectivity index (χ2v) is 6.56. The van der Waals surface area contributed by atoms with Crippen LogP contribution in [-0.2, 0) is 6.54 Å². The molecule has 0 radical (unpaired) electrons.